The lowest BCUT2D eigenvalue weighted by molar-refractivity contribution is 0.955. The van der Waals surface area contributed by atoms with E-state index in [4.69, 9.17) is 0 Å². The van der Waals surface area contributed by atoms with E-state index in [1.165, 1.54) is 29.0 Å². The largest absolute Gasteiger partial charge is 0.385 e. The number of hydrogen-bond acceptors (Lipinski definition) is 2. The Hall–Kier alpha value is -0.340. The highest BCUT2D eigenvalue weighted by molar-refractivity contribution is 7.99. The smallest absolute Gasteiger partial charge is 0.0384 e. The SMILES string of the molecule is Cc1ccc2c(c1)C(C)SCCCN2.Cl. The van der Waals surface area contributed by atoms with Crippen molar-refractivity contribution in [2.24, 2.45) is 0 Å². The van der Waals surface area contributed by atoms with Crippen LogP contribution in [-0.2, 0) is 0 Å². The van der Waals surface area contributed by atoms with Gasteiger partial charge in [-0.1, -0.05) is 17.7 Å². The molecular weight excluding hydrogens is 226 g/mol. The van der Waals surface area contributed by atoms with Crippen molar-refractivity contribution in [1.29, 1.82) is 0 Å². The number of anilines is 1. The first-order valence-electron chi connectivity index (χ1n) is 5.23. The summed E-state index contributed by atoms with van der Waals surface area (Å²) in [6.07, 6.45) is 1.27. The van der Waals surface area contributed by atoms with Gasteiger partial charge in [-0.2, -0.15) is 11.8 Å². The third kappa shape index (κ3) is 3.05. The third-order valence-electron chi connectivity index (χ3n) is 2.65. The average molecular weight is 244 g/mol. The maximum Gasteiger partial charge on any atom is 0.0384 e. The zero-order valence-corrected chi connectivity index (χ0v) is 10.9. The predicted octanol–water partition coefficient (Wildman–Crippen LogP) is 4.03. The van der Waals surface area contributed by atoms with Gasteiger partial charge < -0.3 is 5.32 Å². The first-order chi connectivity index (χ1) is 6.77. The molecule has 84 valence electrons. The Bertz CT molecular complexity index is 327. The number of nitrogens with one attached hydrogen (secondary N) is 1. The number of aryl methyl sites for hydroxylation is 1. The monoisotopic (exact) mass is 243 g/mol. The summed E-state index contributed by atoms with van der Waals surface area (Å²) in [5.74, 6) is 1.27. The molecule has 0 saturated carbocycles. The average Bonchev–Trinajstić information content (AvgIpc) is 2.16. The van der Waals surface area contributed by atoms with Gasteiger partial charge in [0, 0.05) is 17.5 Å². The van der Waals surface area contributed by atoms with Crippen LogP contribution in [0.25, 0.3) is 0 Å². The second-order valence-corrected chi connectivity index (χ2v) is 5.33. The second kappa shape index (κ2) is 5.66. The minimum atomic E-state index is 0. The van der Waals surface area contributed by atoms with Gasteiger partial charge in [-0.25, -0.2) is 0 Å². The van der Waals surface area contributed by atoms with Crippen LogP contribution in [0.1, 0.15) is 29.7 Å². The van der Waals surface area contributed by atoms with Crippen molar-refractivity contribution in [2.75, 3.05) is 17.6 Å². The highest BCUT2D eigenvalue weighted by atomic mass is 35.5. The van der Waals surface area contributed by atoms with E-state index in [-0.39, 0.29) is 12.4 Å². The molecule has 0 fully saturated rings. The number of fused-ring (bicyclic) bond motifs is 1. The van der Waals surface area contributed by atoms with Gasteiger partial charge in [0.25, 0.3) is 0 Å². The molecule has 1 aromatic rings. The van der Waals surface area contributed by atoms with Crippen molar-refractivity contribution in [3.8, 4) is 0 Å². The summed E-state index contributed by atoms with van der Waals surface area (Å²) in [6.45, 7) is 5.57. The number of benzene rings is 1. The molecular formula is C12H18ClNS. The Morgan fingerprint density at radius 1 is 1.40 bits per heavy atom. The van der Waals surface area contributed by atoms with Crippen LogP contribution in [-0.4, -0.2) is 12.3 Å². The maximum absolute atomic E-state index is 3.51. The van der Waals surface area contributed by atoms with E-state index < -0.39 is 0 Å². The van der Waals surface area contributed by atoms with Crippen molar-refractivity contribution >= 4 is 29.9 Å². The number of thioether (sulfide) groups is 1. The van der Waals surface area contributed by atoms with Gasteiger partial charge in [-0.15, -0.1) is 12.4 Å². The fourth-order valence-electron chi connectivity index (χ4n) is 1.82. The van der Waals surface area contributed by atoms with Gasteiger partial charge in [0.15, 0.2) is 0 Å². The lowest BCUT2D eigenvalue weighted by atomic mass is 10.1. The van der Waals surface area contributed by atoms with Crippen molar-refractivity contribution < 1.29 is 0 Å². The second-order valence-electron chi connectivity index (χ2n) is 3.88. The van der Waals surface area contributed by atoms with Gasteiger partial charge in [-0.3, -0.25) is 0 Å². The normalized spacial score (nSPS) is 20.3. The minimum absolute atomic E-state index is 0. The van der Waals surface area contributed by atoms with Crippen LogP contribution in [0.5, 0.6) is 0 Å². The van der Waals surface area contributed by atoms with Crippen LogP contribution in [0.3, 0.4) is 0 Å². The van der Waals surface area contributed by atoms with E-state index in [1.54, 1.807) is 0 Å². The summed E-state index contributed by atoms with van der Waals surface area (Å²) in [5, 5.41) is 4.13. The maximum atomic E-state index is 3.51. The first kappa shape index (κ1) is 12.7. The fraction of sp³-hybridized carbons (Fsp3) is 0.500. The number of halogens is 1. The van der Waals surface area contributed by atoms with Gasteiger partial charge in [0.1, 0.15) is 0 Å². The highest BCUT2D eigenvalue weighted by Crippen LogP contribution is 2.35. The summed E-state index contributed by atoms with van der Waals surface area (Å²) >= 11 is 2.06. The topological polar surface area (TPSA) is 12.0 Å². The zero-order valence-electron chi connectivity index (χ0n) is 9.25. The molecule has 1 unspecified atom stereocenters. The molecule has 0 bridgehead atoms. The Morgan fingerprint density at radius 3 is 3.00 bits per heavy atom. The molecule has 1 heterocycles. The van der Waals surface area contributed by atoms with Gasteiger partial charge in [-0.05, 0) is 37.7 Å². The van der Waals surface area contributed by atoms with Gasteiger partial charge in [0.05, 0.1) is 0 Å². The van der Waals surface area contributed by atoms with E-state index >= 15 is 0 Å². The summed E-state index contributed by atoms with van der Waals surface area (Å²) in [5.41, 5.74) is 4.16. The van der Waals surface area contributed by atoms with E-state index in [0.29, 0.717) is 5.25 Å². The Kier molecular flexibility index (Phi) is 4.81. The molecule has 3 heteroatoms. The first-order valence-corrected chi connectivity index (χ1v) is 6.28. The lowest BCUT2D eigenvalue weighted by Gasteiger charge is -2.21. The van der Waals surface area contributed by atoms with Crippen LogP contribution >= 0.6 is 24.2 Å². The standard InChI is InChI=1S/C12H17NS.ClH/c1-9-4-5-12-11(8-9)10(2)14-7-3-6-13-12;/h4-5,8,10,13H,3,6-7H2,1-2H3;1H. The summed E-state index contributed by atoms with van der Waals surface area (Å²) in [6, 6.07) is 6.71. The number of rotatable bonds is 0. The molecule has 1 aliphatic rings. The molecule has 0 amide bonds. The zero-order chi connectivity index (χ0) is 9.97. The molecule has 1 N–H and O–H groups in total. The highest BCUT2D eigenvalue weighted by Gasteiger charge is 2.13. The molecule has 0 aromatic heterocycles. The fourth-order valence-corrected chi connectivity index (χ4v) is 2.86. The summed E-state index contributed by atoms with van der Waals surface area (Å²) in [4.78, 5) is 0. The third-order valence-corrected chi connectivity index (χ3v) is 3.93. The molecule has 1 aromatic carbocycles. The van der Waals surface area contributed by atoms with Crippen LogP contribution in [0.4, 0.5) is 5.69 Å². The number of hydrogen-bond donors (Lipinski definition) is 1. The van der Waals surface area contributed by atoms with E-state index in [9.17, 15) is 0 Å². The van der Waals surface area contributed by atoms with Crippen molar-refractivity contribution in [3.05, 3.63) is 29.3 Å². The summed E-state index contributed by atoms with van der Waals surface area (Å²) < 4.78 is 0. The van der Waals surface area contributed by atoms with E-state index in [0.717, 1.165) is 6.54 Å². The molecule has 2 rings (SSSR count). The van der Waals surface area contributed by atoms with Gasteiger partial charge >= 0.3 is 0 Å². The van der Waals surface area contributed by atoms with Crippen LogP contribution < -0.4 is 5.32 Å². The minimum Gasteiger partial charge on any atom is -0.385 e. The summed E-state index contributed by atoms with van der Waals surface area (Å²) in [7, 11) is 0. The quantitative estimate of drug-likeness (QED) is 0.739. The lowest BCUT2D eigenvalue weighted by Crippen LogP contribution is -2.09. The van der Waals surface area contributed by atoms with Gasteiger partial charge in [0.2, 0.25) is 0 Å². The molecule has 0 spiro atoms. The van der Waals surface area contributed by atoms with Crippen LogP contribution in [0.15, 0.2) is 18.2 Å². The predicted molar refractivity (Wildman–Crippen MR) is 72.4 cm³/mol. The molecule has 1 atom stereocenters. The Morgan fingerprint density at radius 2 is 2.20 bits per heavy atom. The molecule has 15 heavy (non-hydrogen) atoms. The molecule has 0 aliphatic carbocycles. The van der Waals surface area contributed by atoms with E-state index in [2.05, 4.69) is 49.1 Å². The van der Waals surface area contributed by atoms with Crippen LogP contribution in [0.2, 0.25) is 0 Å². The van der Waals surface area contributed by atoms with Crippen LogP contribution in [0, 0.1) is 6.92 Å². The molecule has 1 nitrogen and oxygen atoms in total. The Labute approximate surface area is 102 Å². The molecule has 1 aliphatic heterocycles. The van der Waals surface area contributed by atoms with E-state index in [1.807, 2.05) is 0 Å². The Balaban J connectivity index is 0.00000112. The molecule has 0 radical (unpaired) electrons. The van der Waals surface area contributed by atoms with Crippen molar-refractivity contribution in [2.45, 2.75) is 25.5 Å². The van der Waals surface area contributed by atoms with Crippen molar-refractivity contribution in [3.63, 3.8) is 0 Å². The van der Waals surface area contributed by atoms with Crippen molar-refractivity contribution in [1.82, 2.24) is 0 Å². The molecule has 0 saturated heterocycles.